The maximum atomic E-state index is 12.7. The zero-order chi connectivity index (χ0) is 19.4. The number of nitrogens with zero attached hydrogens (tertiary/aromatic N) is 2. The van der Waals surface area contributed by atoms with Gasteiger partial charge >= 0.3 is 6.18 Å². The van der Waals surface area contributed by atoms with Crippen LogP contribution >= 0.6 is 11.6 Å². The number of benzene rings is 2. The lowest BCUT2D eigenvalue weighted by Crippen LogP contribution is -2.20. The first-order valence-electron chi connectivity index (χ1n) is 7.71. The van der Waals surface area contributed by atoms with Crippen molar-refractivity contribution >= 4 is 23.2 Å². The first-order valence-corrected chi connectivity index (χ1v) is 8.08. The number of anilines is 1. The standard InChI is InChI=1S/C18H13ClF3N3O2/c19-15-9-13(4-5-16(15)25-7-6-23-11-25)24-17(26)10-27-14-3-1-2-12(8-14)18(20,21)22/h1-9,11H,10H2,(H,24,26). The molecule has 1 aromatic heterocycles. The van der Waals surface area contributed by atoms with Gasteiger partial charge in [0.05, 0.1) is 22.6 Å². The highest BCUT2D eigenvalue weighted by Gasteiger charge is 2.30. The molecule has 0 atom stereocenters. The molecule has 0 aliphatic heterocycles. The second kappa shape index (κ2) is 7.71. The molecule has 1 amide bonds. The van der Waals surface area contributed by atoms with Crippen molar-refractivity contribution in [3.63, 3.8) is 0 Å². The van der Waals surface area contributed by atoms with E-state index in [-0.39, 0.29) is 5.75 Å². The predicted molar refractivity (Wildman–Crippen MR) is 94.1 cm³/mol. The summed E-state index contributed by atoms with van der Waals surface area (Å²) in [7, 11) is 0. The van der Waals surface area contributed by atoms with Crippen molar-refractivity contribution in [1.29, 1.82) is 0 Å². The fourth-order valence-electron chi connectivity index (χ4n) is 2.30. The third-order valence-corrected chi connectivity index (χ3v) is 3.85. The van der Waals surface area contributed by atoms with E-state index >= 15 is 0 Å². The van der Waals surface area contributed by atoms with Crippen molar-refractivity contribution in [3.05, 3.63) is 71.8 Å². The van der Waals surface area contributed by atoms with E-state index in [0.717, 1.165) is 12.1 Å². The van der Waals surface area contributed by atoms with Crippen LogP contribution in [-0.2, 0) is 11.0 Å². The van der Waals surface area contributed by atoms with E-state index in [4.69, 9.17) is 16.3 Å². The molecule has 0 spiro atoms. The Kier molecular flexibility index (Phi) is 5.36. The Morgan fingerprint density at radius 3 is 2.70 bits per heavy atom. The van der Waals surface area contributed by atoms with Gasteiger partial charge in [-0.15, -0.1) is 0 Å². The molecule has 3 aromatic rings. The van der Waals surface area contributed by atoms with Crippen molar-refractivity contribution in [2.24, 2.45) is 0 Å². The van der Waals surface area contributed by atoms with E-state index in [1.807, 2.05) is 0 Å². The number of ether oxygens (including phenoxy) is 1. The first-order chi connectivity index (χ1) is 12.8. The van der Waals surface area contributed by atoms with Gasteiger partial charge in [-0.1, -0.05) is 17.7 Å². The highest BCUT2D eigenvalue weighted by molar-refractivity contribution is 6.32. The third kappa shape index (κ3) is 4.79. The lowest BCUT2D eigenvalue weighted by molar-refractivity contribution is -0.137. The van der Waals surface area contributed by atoms with E-state index in [2.05, 4.69) is 10.3 Å². The van der Waals surface area contributed by atoms with E-state index in [9.17, 15) is 18.0 Å². The van der Waals surface area contributed by atoms with Crippen molar-refractivity contribution in [2.75, 3.05) is 11.9 Å². The van der Waals surface area contributed by atoms with Crippen LogP contribution in [0, 0.1) is 0 Å². The van der Waals surface area contributed by atoms with Crippen molar-refractivity contribution in [3.8, 4) is 11.4 Å². The monoisotopic (exact) mass is 395 g/mol. The average Bonchev–Trinajstić information content (AvgIpc) is 3.14. The van der Waals surface area contributed by atoms with E-state index in [1.54, 1.807) is 41.5 Å². The first kappa shape index (κ1) is 18.8. The summed E-state index contributed by atoms with van der Waals surface area (Å²) in [6.07, 6.45) is 0.442. The predicted octanol–water partition coefficient (Wildman–Crippen LogP) is 4.56. The molecular weight excluding hydrogens is 383 g/mol. The molecule has 0 unspecified atom stereocenters. The van der Waals surface area contributed by atoms with Crippen LogP contribution in [0.25, 0.3) is 5.69 Å². The molecule has 0 saturated heterocycles. The van der Waals surface area contributed by atoms with Crippen molar-refractivity contribution < 1.29 is 22.7 Å². The SMILES string of the molecule is O=C(COc1cccc(C(F)(F)F)c1)Nc1ccc(-n2ccnc2)c(Cl)c1. The quantitative estimate of drug-likeness (QED) is 0.689. The molecular formula is C18H13ClF3N3O2. The summed E-state index contributed by atoms with van der Waals surface area (Å²) in [5.41, 5.74) is 0.274. The normalized spacial score (nSPS) is 11.3. The maximum absolute atomic E-state index is 12.7. The van der Waals surface area contributed by atoms with E-state index in [1.165, 1.54) is 12.1 Å². The van der Waals surface area contributed by atoms with Gasteiger partial charge in [0.25, 0.3) is 5.91 Å². The fourth-order valence-corrected chi connectivity index (χ4v) is 2.58. The Labute approximate surface area is 157 Å². The second-order valence-electron chi connectivity index (χ2n) is 5.50. The Morgan fingerprint density at radius 1 is 1.22 bits per heavy atom. The van der Waals surface area contributed by atoms with Gasteiger partial charge in [-0.3, -0.25) is 4.79 Å². The maximum Gasteiger partial charge on any atom is 0.416 e. The third-order valence-electron chi connectivity index (χ3n) is 3.55. The number of halogens is 4. The van der Waals surface area contributed by atoms with Crippen molar-refractivity contribution in [2.45, 2.75) is 6.18 Å². The lowest BCUT2D eigenvalue weighted by atomic mass is 10.2. The lowest BCUT2D eigenvalue weighted by Gasteiger charge is -2.11. The smallest absolute Gasteiger partial charge is 0.416 e. The highest BCUT2D eigenvalue weighted by Crippen LogP contribution is 2.31. The number of rotatable bonds is 5. The van der Waals surface area contributed by atoms with Gasteiger partial charge in [0.2, 0.25) is 0 Å². The Balaban J connectivity index is 1.61. The van der Waals surface area contributed by atoms with Crippen LogP contribution in [0.4, 0.5) is 18.9 Å². The number of carbonyl (C=O) groups is 1. The molecule has 0 radical (unpaired) electrons. The van der Waals surface area contributed by atoms with Crippen LogP contribution in [0.3, 0.4) is 0 Å². The number of hydrogen-bond donors (Lipinski definition) is 1. The van der Waals surface area contributed by atoms with Gasteiger partial charge in [0, 0.05) is 18.1 Å². The van der Waals surface area contributed by atoms with Gasteiger partial charge in [0.1, 0.15) is 5.75 Å². The summed E-state index contributed by atoms with van der Waals surface area (Å²) in [5, 5.41) is 2.97. The average molecular weight is 396 g/mol. The minimum absolute atomic E-state index is 0.0477. The molecule has 140 valence electrons. The van der Waals surface area contributed by atoms with Crippen LogP contribution in [0.15, 0.2) is 61.2 Å². The summed E-state index contributed by atoms with van der Waals surface area (Å²) in [5.74, 6) is -0.577. The Hall–Kier alpha value is -3.00. The van der Waals surface area contributed by atoms with Crippen LogP contribution in [0.2, 0.25) is 5.02 Å². The summed E-state index contributed by atoms with van der Waals surface area (Å²) < 4.78 is 44.9. The molecule has 0 aliphatic rings. The van der Waals surface area contributed by atoms with Gasteiger partial charge in [-0.25, -0.2) is 4.98 Å². The fraction of sp³-hybridized carbons (Fsp3) is 0.111. The number of carbonyl (C=O) groups excluding carboxylic acids is 1. The van der Waals surface area contributed by atoms with Crippen molar-refractivity contribution in [1.82, 2.24) is 9.55 Å². The Morgan fingerprint density at radius 2 is 2.04 bits per heavy atom. The number of hydrogen-bond acceptors (Lipinski definition) is 3. The number of alkyl halides is 3. The van der Waals surface area contributed by atoms with E-state index in [0.29, 0.717) is 16.4 Å². The molecule has 0 saturated carbocycles. The zero-order valence-electron chi connectivity index (χ0n) is 13.7. The van der Waals surface area contributed by atoms with E-state index < -0.39 is 24.3 Å². The minimum atomic E-state index is -4.48. The molecule has 0 aliphatic carbocycles. The Bertz CT molecular complexity index is 943. The topological polar surface area (TPSA) is 56.1 Å². The zero-order valence-corrected chi connectivity index (χ0v) is 14.5. The molecule has 1 N–H and O–H groups in total. The highest BCUT2D eigenvalue weighted by atomic mass is 35.5. The van der Waals surface area contributed by atoms with Gasteiger partial charge in [-0.2, -0.15) is 13.2 Å². The summed E-state index contributed by atoms with van der Waals surface area (Å²) in [6.45, 7) is -0.442. The summed E-state index contributed by atoms with van der Waals surface area (Å²) >= 11 is 6.20. The number of imidazole rings is 1. The molecule has 1 heterocycles. The summed E-state index contributed by atoms with van der Waals surface area (Å²) in [4.78, 5) is 15.9. The van der Waals surface area contributed by atoms with Crippen LogP contribution in [0.5, 0.6) is 5.75 Å². The number of aromatic nitrogens is 2. The number of nitrogens with one attached hydrogen (secondary N) is 1. The summed E-state index contributed by atoms with van der Waals surface area (Å²) in [6, 6.07) is 9.22. The molecule has 0 bridgehead atoms. The molecule has 9 heteroatoms. The van der Waals surface area contributed by atoms with Gasteiger partial charge < -0.3 is 14.6 Å². The number of amides is 1. The van der Waals surface area contributed by atoms with Gasteiger partial charge in [0.15, 0.2) is 6.61 Å². The van der Waals surface area contributed by atoms with Crippen LogP contribution in [0.1, 0.15) is 5.56 Å². The van der Waals surface area contributed by atoms with Gasteiger partial charge in [-0.05, 0) is 36.4 Å². The minimum Gasteiger partial charge on any atom is -0.484 e. The molecule has 5 nitrogen and oxygen atoms in total. The molecule has 27 heavy (non-hydrogen) atoms. The largest absolute Gasteiger partial charge is 0.484 e. The van der Waals surface area contributed by atoms with Crippen LogP contribution in [-0.4, -0.2) is 22.1 Å². The molecule has 3 rings (SSSR count). The molecule has 0 fully saturated rings. The van der Waals surface area contributed by atoms with Crippen LogP contribution < -0.4 is 10.1 Å². The molecule has 2 aromatic carbocycles. The second-order valence-corrected chi connectivity index (χ2v) is 5.91.